The van der Waals surface area contributed by atoms with E-state index in [1.54, 1.807) is 35.2 Å². The summed E-state index contributed by atoms with van der Waals surface area (Å²) in [6.45, 7) is -2.84. The Hall–Kier alpha value is -3.82. The molecule has 8 nitrogen and oxygen atoms in total. The second-order valence-corrected chi connectivity index (χ2v) is 7.36. The molecular formula is C22H19F2N5O3. The highest BCUT2D eigenvalue weighted by Crippen LogP contribution is 2.56. The zero-order valence-electron chi connectivity index (χ0n) is 17.3. The second kappa shape index (κ2) is 8.03. The Morgan fingerprint density at radius 1 is 1.06 bits per heavy atom. The number of hydrogen-bond donors (Lipinski definition) is 0. The largest absolute Gasteiger partial charge is 0.480 e. The van der Waals surface area contributed by atoms with Gasteiger partial charge in [-0.15, -0.1) is 0 Å². The molecule has 1 unspecified atom stereocenters. The van der Waals surface area contributed by atoms with E-state index in [1.807, 2.05) is 18.2 Å². The topological polar surface area (TPSA) is 83.7 Å². The summed E-state index contributed by atoms with van der Waals surface area (Å²) < 4.78 is 41.5. The first-order valence-electron chi connectivity index (χ1n) is 9.92. The average Bonchev–Trinajstić information content (AvgIpc) is 3.46. The minimum absolute atomic E-state index is 0.148. The van der Waals surface area contributed by atoms with Crippen molar-refractivity contribution in [3.05, 3.63) is 60.0 Å². The zero-order valence-corrected chi connectivity index (χ0v) is 17.3. The Morgan fingerprint density at radius 3 is 2.59 bits per heavy atom. The molecule has 10 heteroatoms. The van der Waals surface area contributed by atoms with Gasteiger partial charge in [-0.1, -0.05) is 12.1 Å². The molecule has 1 aliphatic carbocycles. The summed E-state index contributed by atoms with van der Waals surface area (Å²) in [6.07, 6.45) is 6.02. The number of ether oxygens (including phenoxy) is 3. The van der Waals surface area contributed by atoms with E-state index < -0.39 is 6.61 Å². The lowest BCUT2D eigenvalue weighted by atomic mass is 10.0. The van der Waals surface area contributed by atoms with Crippen LogP contribution in [0.2, 0.25) is 0 Å². The summed E-state index contributed by atoms with van der Waals surface area (Å²) in [6, 6.07) is 8.98. The van der Waals surface area contributed by atoms with E-state index in [1.165, 1.54) is 14.2 Å². The fraction of sp³-hybridized carbons (Fsp3) is 0.273. The number of aromatic nitrogens is 5. The number of rotatable bonds is 7. The van der Waals surface area contributed by atoms with Crippen molar-refractivity contribution >= 4 is 5.65 Å². The second-order valence-electron chi connectivity index (χ2n) is 7.36. The fourth-order valence-corrected chi connectivity index (χ4v) is 3.93. The van der Waals surface area contributed by atoms with Crippen molar-refractivity contribution in [3.8, 4) is 28.9 Å². The Labute approximate surface area is 181 Å². The minimum Gasteiger partial charge on any atom is -0.480 e. The fourth-order valence-electron chi connectivity index (χ4n) is 3.93. The maximum Gasteiger partial charge on any atom is 0.387 e. The molecule has 0 N–H and O–H groups in total. The molecule has 3 aromatic heterocycles. The number of hydrogen-bond acceptors (Lipinski definition) is 7. The summed E-state index contributed by atoms with van der Waals surface area (Å²) in [4.78, 5) is 12.9. The molecule has 0 amide bonds. The predicted molar refractivity (Wildman–Crippen MR) is 110 cm³/mol. The van der Waals surface area contributed by atoms with E-state index in [0.717, 1.165) is 23.2 Å². The number of imidazole rings is 1. The molecule has 0 bridgehead atoms. The van der Waals surface area contributed by atoms with Crippen molar-refractivity contribution in [1.82, 2.24) is 24.6 Å². The summed E-state index contributed by atoms with van der Waals surface area (Å²) in [5, 5.41) is 4.64. The molecule has 1 aromatic carbocycles. The molecule has 32 heavy (non-hydrogen) atoms. The molecular weight excluding hydrogens is 420 g/mol. The molecule has 0 spiro atoms. The molecule has 1 aliphatic rings. The van der Waals surface area contributed by atoms with Crippen molar-refractivity contribution in [2.24, 2.45) is 0 Å². The molecule has 1 fully saturated rings. The number of methoxy groups -OCH3 is 2. The van der Waals surface area contributed by atoms with E-state index in [4.69, 9.17) is 9.47 Å². The first-order chi connectivity index (χ1) is 15.6. The quantitative estimate of drug-likeness (QED) is 0.429. The van der Waals surface area contributed by atoms with Gasteiger partial charge in [0.1, 0.15) is 5.75 Å². The molecule has 1 saturated carbocycles. The van der Waals surface area contributed by atoms with Crippen molar-refractivity contribution in [1.29, 1.82) is 0 Å². The number of nitrogens with zero attached hydrogens (tertiary/aromatic N) is 5. The molecule has 4 aromatic rings. The van der Waals surface area contributed by atoms with Crippen LogP contribution in [0.3, 0.4) is 0 Å². The van der Waals surface area contributed by atoms with Gasteiger partial charge in [-0.05, 0) is 42.0 Å². The molecule has 2 atom stereocenters. The predicted octanol–water partition coefficient (Wildman–Crippen LogP) is 4.08. The molecule has 0 saturated heterocycles. The molecule has 3 heterocycles. The van der Waals surface area contributed by atoms with Crippen molar-refractivity contribution in [2.75, 3.05) is 14.2 Å². The first kappa shape index (κ1) is 20.1. The average molecular weight is 439 g/mol. The van der Waals surface area contributed by atoms with E-state index in [2.05, 4.69) is 24.8 Å². The third kappa shape index (κ3) is 3.68. The van der Waals surface area contributed by atoms with Crippen LogP contribution in [0.15, 0.2) is 48.9 Å². The van der Waals surface area contributed by atoms with E-state index in [-0.39, 0.29) is 23.6 Å². The zero-order chi connectivity index (χ0) is 22.2. The van der Waals surface area contributed by atoms with E-state index in [0.29, 0.717) is 17.1 Å². The Morgan fingerprint density at radius 2 is 1.88 bits per heavy atom. The smallest absolute Gasteiger partial charge is 0.387 e. The number of halogens is 2. The summed E-state index contributed by atoms with van der Waals surface area (Å²) in [5.74, 6) is 0.972. The van der Waals surface area contributed by atoms with Crippen molar-refractivity contribution < 1.29 is 23.0 Å². The van der Waals surface area contributed by atoms with Crippen molar-refractivity contribution in [3.63, 3.8) is 0 Å². The standard InChI is InChI=1S/C22H19F2N5O3/c1-30-20-17(11-26-22(27-20)31-2)18-10-16(19-25-7-8-29(19)28-18)15-9-14(15)12-3-5-13(6-4-12)32-21(23)24/h3-8,10-11,14-15,21H,9H2,1-2H3/t14-,15?/m1/s1. The van der Waals surface area contributed by atoms with Gasteiger partial charge >= 0.3 is 12.6 Å². The Bertz CT molecular complexity index is 1260. The highest BCUT2D eigenvalue weighted by Gasteiger charge is 2.41. The highest BCUT2D eigenvalue weighted by molar-refractivity contribution is 5.68. The van der Waals surface area contributed by atoms with Gasteiger partial charge in [-0.2, -0.15) is 18.9 Å². The molecule has 164 valence electrons. The maximum atomic E-state index is 12.4. The van der Waals surface area contributed by atoms with Crippen molar-refractivity contribution in [2.45, 2.75) is 24.9 Å². The van der Waals surface area contributed by atoms with Gasteiger partial charge in [0.15, 0.2) is 5.65 Å². The van der Waals surface area contributed by atoms with Gasteiger partial charge in [-0.3, -0.25) is 0 Å². The van der Waals surface area contributed by atoms with Gasteiger partial charge in [-0.25, -0.2) is 14.5 Å². The summed E-state index contributed by atoms with van der Waals surface area (Å²) in [5.41, 5.74) is 4.15. The van der Waals surface area contributed by atoms with Crippen LogP contribution >= 0.6 is 0 Å². The first-order valence-corrected chi connectivity index (χ1v) is 9.92. The van der Waals surface area contributed by atoms with Crippen LogP contribution in [0.1, 0.15) is 29.4 Å². The van der Waals surface area contributed by atoms with Crippen LogP contribution in [0.5, 0.6) is 17.6 Å². The Kier molecular flexibility index (Phi) is 5.04. The summed E-state index contributed by atoms with van der Waals surface area (Å²) >= 11 is 0. The van der Waals surface area contributed by atoms with Gasteiger partial charge in [0.05, 0.1) is 25.5 Å². The van der Waals surface area contributed by atoms with Crippen LogP contribution in [0.25, 0.3) is 16.9 Å². The lowest BCUT2D eigenvalue weighted by molar-refractivity contribution is -0.0498. The van der Waals surface area contributed by atoms with E-state index in [9.17, 15) is 8.78 Å². The monoisotopic (exact) mass is 439 g/mol. The maximum absolute atomic E-state index is 12.4. The van der Waals surface area contributed by atoms with Gasteiger partial charge in [0, 0.05) is 24.2 Å². The lowest BCUT2D eigenvalue weighted by Gasteiger charge is -2.11. The molecule has 5 rings (SSSR count). The van der Waals surface area contributed by atoms with Crippen LogP contribution < -0.4 is 14.2 Å². The SMILES string of the molecule is COc1ncc(-c2cc(C3C[C@@H]3c3ccc(OC(F)F)cc3)c3nccn3n2)c(OC)n1. The van der Waals surface area contributed by atoms with Gasteiger partial charge in [0.2, 0.25) is 5.88 Å². The number of alkyl halides is 2. The van der Waals surface area contributed by atoms with Crippen LogP contribution in [0.4, 0.5) is 8.78 Å². The lowest BCUT2D eigenvalue weighted by Crippen LogP contribution is -2.03. The highest BCUT2D eigenvalue weighted by atomic mass is 19.3. The molecule has 0 aliphatic heterocycles. The molecule has 0 radical (unpaired) electrons. The van der Waals surface area contributed by atoms with E-state index >= 15 is 0 Å². The normalized spacial score (nSPS) is 17.5. The van der Waals surface area contributed by atoms with Crippen LogP contribution in [0, 0.1) is 0 Å². The van der Waals surface area contributed by atoms with Gasteiger partial charge < -0.3 is 14.2 Å². The minimum atomic E-state index is -2.84. The third-order valence-electron chi connectivity index (χ3n) is 5.49. The van der Waals surface area contributed by atoms with Crippen LogP contribution in [-0.4, -0.2) is 45.4 Å². The third-order valence-corrected chi connectivity index (χ3v) is 5.49. The van der Waals surface area contributed by atoms with Crippen LogP contribution in [-0.2, 0) is 0 Å². The summed E-state index contributed by atoms with van der Waals surface area (Å²) in [7, 11) is 3.02. The number of fused-ring (bicyclic) bond motifs is 1. The Balaban J connectivity index is 1.49. The van der Waals surface area contributed by atoms with Gasteiger partial charge in [0.25, 0.3) is 0 Å². The number of benzene rings is 1.